The number of hydrogen-bond acceptors (Lipinski definition) is 7. The summed E-state index contributed by atoms with van der Waals surface area (Å²) in [6.07, 6.45) is 0.0187. The second-order valence-corrected chi connectivity index (χ2v) is 9.80. The first-order chi connectivity index (χ1) is 16.8. The van der Waals surface area contributed by atoms with Crippen molar-refractivity contribution in [1.82, 2.24) is 20.2 Å². The van der Waals surface area contributed by atoms with Gasteiger partial charge in [0.15, 0.2) is 0 Å². The zero-order chi connectivity index (χ0) is 26.5. The number of ether oxygens (including phenoxy) is 2. The first kappa shape index (κ1) is 27.1. The van der Waals surface area contributed by atoms with Crippen molar-refractivity contribution in [3.8, 4) is 5.75 Å². The molecule has 9 nitrogen and oxygen atoms in total. The van der Waals surface area contributed by atoms with E-state index in [9.17, 15) is 18.4 Å². The topological polar surface area (TPSA) is 106 Å². The van der Waals surface area contributed by atoms with Gasteiger partial charge >= 0.3 is 12.2 Å². The number of alkyl halides is 2. The third-order valence-electron chi connectivity index (χ3n) is 5.35. The van der Waals surface area contributed by atoms with E-state index in [-0.39, 0.29) is 35.8 Å². The molecule has 2 aromatic heterocycles. The molecule has 0 unspecified atom stereocenters. The van der Waals surface area contributed by atoms with Crippen LogP contribution >= 0.6 is 0 Å². The van der Waals surface area contributed by atoms with Crippen molar-refractivity contribution in [2.75, 3.05) is 18.4 Å². The predicted molar refractivity (Wildman–Crippen MR) is 131 cm³/mol. The van der Waals surface area contributed by atoms with Gasteiger partial charge in [0.2, 0.25) is 0 Å². The van der Waals surface area contributed by atoms with E-state index in [1.54, 1.807) is 44.7 Å². The average molecular weight is 506 g/mol. The molecule has 2 amide bonds. The second-order valence-electron chi connectivity index (χ2n) is 9.80. The van der Waals surface area contributed by atoms with Gasteiger partial charge in [0, 0.05) is 38.3 Å². The zero-order valence-electron chi connectivity index (χ0n) is 21.2. The maximum atomic E-state index is 13.5. The minimum atomic E-state index is -3.33. The van der Waals surface area contributed by atoms with Crippen LogP contribution in [0, 0.1) is 6.92 Å². The van der Waals surface area contributed by atoms with Crippen LogP contribution in [0.1, 0.15) is 63.0 Å². The minimum Gasteiger partial charge on any atom is -0.444 e. The molecular formula is C25H33F2N5O4. The number of nitrogens with zero attached hydrogens (tertiary/aromatic N) is 3. The van der Waals surface area contributed by atoms with Crippen molar-refractivity contribution >= 4 is 23.6 Å². The molecule has 0 aromatic carbocycles. The molecule has 36 heavy (non-hydrogen) atoms. The number of amides is 2. The van der Waals surface area contributed by atoms with E-state index in [0.29, 0.717) is 24.8 Å². The Bertz CT molecular complexity index is 1080. The van der Waals surface area contributed by atoms with Crippen molar-refractivity contribution in [3.05, 3.63) is 41.7 Å². The summed E-state index contributed by atoms with van der Waals surface area (Å²) in [6.45, 7) is 8.62. The molecule has 0 radical (unpaired) electrons. The van der Waals surface area contributed by atoms with E-state index >= 15 is 0 Å². The van der Waals surface area contributed by atoms with Gasteiger partial charge in [0.05, 0.1) is 0 Å². The largest absolute Gasteiger partial charge is 0.444 e. The highest BCUT2D eigenvalue weighted by molar-refractivity contribution is 5.94. The molecule has 2 N–H and O–H groups in total. The van der Waals surface area contributed by atoms with Gasteiger partial charge in [-0.2, -0.15) is 8.78 Å². The van der Waals surface area contributed by atoms with Crippen molar-refractivity contribution in [1.29, 1.82) is 0 Å². The molecule has 3 heterocycles. The summed E-state index contributed by atoms with van der Waals surface area (Å²) in [5, 5.41) is 5.70. The first-order valence-electron chi connectivity index (χ1n) is 11.9. The van der Waals surface area contributed by atoms with Crippen LogP contribution in [0.4, 0.5) is 25.2 Å². The maximum absolute atomic E-state index is 13.5. The van der Waals surface area contributed by atoms with Gasteiger partial charge in [-0.05, 0) is 64.7 Å². The van der Waals surface area contributed by atoms with Gasteiger partial charge in [-0.15, -0.1) is 0 Å². The lowest BCUT2D eigenvalue weighted by Gasteiger charge is -2.36. The summed E-state index contributed by atoms with van der Waals surface area (Å²) in [6, 6.07) is 5.88. The number of carbonyl (C=O) groups excluding carboxylic acids is 2. The van der Waals surface area contributed by atoms with Crippen molar-refractivity contribution in [2.24, 2.45) is 0 Å². The summed E-state index contributed by atoms with van der Waals surface area (Å²) in [5.74, 6) is 0.265. The van der Waals surface area contributed by atoms with E-state index in [1.165, 1.54) is 18.3 Å². The zero-order valence-corrected chi connectivity index (χ0v) is 21.2. The Labute approximate surface area is 209 Å². The molecule has 0 aliphatic carbocycles. The van der Waals surface area contributed by atoms with Crippen LogP contribution in [0.25, 0.3) is 0 Å². The highest BCUT2D eigenvalue weighted by Crippen LogP contribution is 2.25. The highest BCUT2D eigenvalue weighted by Gasteiger charge is 2.30. The fourth-order valence-corrected chi connectivity index (χ4v) is 3.83. The van der Waals surface area contributed by atoms with Crippen LogP contribution < -0.4 is 15.4 Å². The SMILES string of the molecule is Cc1ccc(Nc2cc(OC(C)(F)F)ccn2)nc1C(=O)N1CCCC[C@@H]1CNC(=O)OC(C)(C)C. The molecule has 11 heteroatoms. The summed E-state index contributed by atoms with van der Waals surface area (Å²) in [5.41, 5.74) is 0.334. The quantitative estimate of drug-likeness (QED) is 0.543. The van der Waals surface area contributed by atoms with Crippen LogP contribution in [0.5, 0.6) is 5.75 Å². The molecular weight excluding hydrogens is 472 g/mol. The molecule has 0 bridgehead atoms. The molecule has 0 saturated carbocycles. The van der Waals surface area contributed by atoms with Crippen molar-refractivity contribution < 1.29 is 27.8 Å². The van der Waals surface area contributed by atoms with Crippen LogP contribution in [0.15, 0.2) is 30.5 Å². The highest BCUT2D eigenvalue weighted by atomic mass is 19.3. The second kappa shape index (κ2) is 11.0. The molecule has 3 rings (SSSR count). The van der Waals surface area contributed by atoms with E-state index < -0.39 is 17.8 Å². The van der Waals surface area contributed by atoms with Crippen LogP contribution in [-0.2, 0) is 4.74 Å². The number of pyridine rings is 2. The van der Waals surface area contributed by atoms with Crippen LogP contribution in [0.2, 0.25) is 0 Å². The van der Waals surface area contributed by atoms with Gasteiger partial charge in [0.1, 0.15) is 28.7 Å². The summed E-state index contributed by atoms with van der Waals surface area (Å²) < 4.78 is 36.3. The molecule has 1 atom stereocenters. The Morgan fingerprint density at radius 3 is 2.58 bits per heavy atom. The molecule has 1 fully saturated rings. The maximum Gasteiger partial charge on any atom is 0.407 e. The van der Waals surface area contributed by atoms with Gasteiger partial charge < -0.3 is 25.0 Å². The number of carbonyl (C=O) groups is 2. The van der Waals surface area contributed by atoms with E-state index in [1.807, 2.05) is 0 Å². The summed E-state index contributed by atoms with van der Waals surface area (Å²) in [4.78, 5) is 35.9. The number of aryl methyl sites for hydroxylation is 1. The third-order valence-corrected chi connectivity index (χ3v) is 5.35. The number of alkyl carbamates (subject to hydrolysis) is 1. The number of piperidine rings is 1. The lowest BCUT2D eigenvalue weighted by Crippen LogP contribution is -2.50. The number of aromatic nitrogens is 2. The Morgan fingerprint density at radius 2 is 1.89 bits per heavy atom. The van der Waals surface area contributed by atoms with E-state index in [2.05, 4.69) is 25.3 Å². The normalized spacial score (nSPS) is 16.3. The fraction of sp³-hybridized carbons (Fsp3) is 0.520. The standard InChI is InChI=1S/C25H33F2N5O4/c1-16-9-10-19(30-20-14-18(11-12-28-20)35-25(5,26)27)31-21(16)22(33)32-13-7-6-8-17(32)15-29-23(34)36-24(2,3)4/h9-12,14,17H,6-8,13,15H2,1-5H3,(H,29,34)(H,28,30,31)/t17-/m1/s1. The Balaban J connectivity index is 1.73. The average Bonchev–Trinajstić information content (AvgIpc) is 2.77. The van der Waals surface area contributed by atoms with Gasteiger partial charge in [-0.3, -0.25) is 4.79 Å². The monoisotopic (exact) mass is 505 g/mol. The number of anilines is 2. The van der Waals surface area contributed by atoms with E-state index in [4.69, 9.17) is 4.74 Å². The van der Waals surface area contributed by atoms with Crippen molar-refractivity contribution in [3.63, 3.8) is 0 Å². The number of hydrogen-bond donors (Lipinski definition) is 2. The lowest BCUT2D eigenvalue weighted by molar-refractivity contribution is -0.158. The molecule has 1 saturated heterocycles. The van der Waals surface area contributed by atoms with Crippen LogP contribution in [0.3, 0.4) is 0 Å². The molecule has 2 aromatic rings. The molecule has 0 spiro atoms. The summed E-state index contributed by atoms with van der Waals surface area (Å²) in [7, 11) is 0. The van der Waals surface area contributed by atoms with Crippen LogP contribution in [-0.4, -0.2) is 57.7 Å². The van der Waals surface area contributed by atoms with Gasteiger partial charge in [-0.25, -0.2) is 14.8 Å². The fourth-order valence-electron chi connectivity index (χ4n) is 3.83. The van der Waals surface area contributed by atoms with Gasteiger partial charge in [0.25, 0.3) is 5.91 Å². The van der Waals surface area contributed by atoms with E-state index in [0.717, 1.165) is 19.3 Å². The smallest absolute Gasteiger partial charge is 0.407 e. The number of nitrogens with one attached hydrogen (secondary N) is 2. The van der Waals surface area contributed by atoms with Crippen molar-refractivity contribution in [2.45, 2.75) is 71.6 Å². The predicted octanol–water partition coefficient (Wildman–Crippen LogP) is 5.04. The molecule has 1 aliphatic rings. The number of halogens is 2. The molecule has 1 aliphatic heterocycles. The summed E-state index contributed by atoms with van der Waals surface area (Å²) >= 11 is 0. The number of likely N-dealkylation sites (tertiary alicyclic amines) is 1. The first-order valence-corrected chi connectivity index (χ1v) is 11.9. The Morgan fingerprint density at radius 1 is 1.14 bits per heavy atom. The third kappa shape index (κ3) is 8.03. The Hall–Kier alpha value is -3.50. The number of rotatable bonds is 7. The molecule has 196 valence electrons. The lowest BCUT2D eigenvalue weighted by atomic mass is 10.0. The van der Waals surface area contributed by atoms with Gasteiger partial charge in [-0.1, -0.05) is 6.07 Å². The Kier molecular flexibility index (Phi) is 8.31. The minimum absolute atomic E-state index is 0.0583.